The highest BCUT2D eigenvalue weighted by molar-refractivity contribution is 6.22. The summed E-state index contributed by atoms with van der Waals surface area (Å²) < 4.78 is 30.0. The summed E-state index contributed by atoms with van der Waals surface area (Å²) in [6, 6.07) is 12.1. The molecular weight excluding hydrogens is 362 g/mol. The summed E-state index contributed by atoms with van der Waals surface area (Å²) in [5, 5.41) is 4.24. The van der Waals surface area contributed by atoms with Crippen LogP contribution in [0.25, 0.3) is 16.6 Å². The topological polar surface area (TPSA) is 72.8 Å². The molecule has 0 radical (unpaired) electrons. The summed E-state index contributed by atoms with van der Waals surface area (Å²) in [6.45, 7) is 0. The maximum absolute atomic E-state index is 14.6. The minimum atomic E-state index is -0.632. The number of amides is 1. The standard InChI is InChI=1S/C21H12F2N4O/c22-11-5-6-16(23)14(9-11)19-13-7-8-27-20(13)18(15(10-25-27)21(24)28)12-3-1-2-4-17(12)26-19/h1-10H,(H2,24,28). The van der Waals surface area contributed by atoms with E-state index >= 15 is 0 Å². The van der Waals surface area contributed by atoms with Gasteiger partial charge in [-0.25, -0.2) is 18.3 Å². The fourth-order valence-electron chi connectivity index (χ4n) is 3.58. The number of carbonyl (C=O) groups is 1. The van der Waals surface area contributed by atoms with Crippen molar-refractivity contribution in [2.45, 2.75) is 0 Å². The molecule has 28 heavy (non-hydrogen) atoms. The number of nitrogens with two attached hydrogens (primary N) is 1. The first kappa shape index (κ1) is 16.3. The molecule has 1 aliphatic rings. The first-order chi connectivity index (χ1) is 13.5. The summed E-state index contributed by atoms with van der Waals surface area (Å²) in [5.74, 6) is -1.80. The number of fused-ring (bicyclic) bond motifs is 2. The summed E-state index contributed by atoms with van der Waals surface area (Å²) in [5.41, 5.74) is 8.95. The van der Waals surface area contributed by atoms with Gasteiger partial charge in [0, 0.05) is 28.5 Å². The molecule has 2 aromatic carbocycles. The molecule has 0 bridgehead atoms. The van der Waals surface area contributed by atoms with Crippen molar-refractivity contribution in [2.24, 2.45) is 10.7 Å². The van der Waals surface area contributed by atoms with Gasteiger partial charge in [0.05, 0.1) is 28.7 Å². The van der Waals surface area contributed by atoms with E-state index in [0.29, 0.717) is 27.9 Å². The second kappa shape index (κ2) is 5.82. The van der Waals surface area contributed by atoms with Crippen LogP contribution in [0.2, 0.25) is 0 Å². The molecule has 5 rings (SSSR count). The number of nitrogens with zero attached hydrogens (tertiary/aromatic N) is 3. The second-order valence-electron chi connectivity index (χ2n) is 6.42. The molecule has 0 saturated heterocycles. The number of hydrogen-bond acceptors (Lipinski definition) is 3. The minimum absolute atomic E-state index is 0.0280. The van der Waals surface area contributed by atoms with Crippen LogP contribution < -0.4 is 5.73 Å². The Bertz CT molecular complexity index is 1320. The van der Waals surface area contributed by atoms with Crippen LogP contribution in [-0.4, -0.2) is 21.2 Å². The Morgan fingerprint density at radius 1 is 1.00 bits per heavy atom. The highest BCUT2D eigenvalue weighted by atomic mass is 19.1. The van der Waals surface area contributed by atoms with Crippen LogP contribution in [0, 0.1) is 11.6 Å². The summed E-state index contributed by atoms with van der Waals surface area (Å²) in [6.07, 6.45) is 3.08. The van der Waals surface area contributed by atoms with Crippen LogP contribution in [0.4, 0.5) is 14.5 Å². The number of para-hydroxylation sites is 1. The van der Waals surface area contributed by atoms with Crippen molar-refractivity contribution in [2.75, 3.05) is 0 Å². The lowest BCUT2D eigenvalue weighted by Gasteiger charge is -2.10. The van der Waals surface area contributed by atoms with Gasteiger partial charge in [0.1, 0.15) is 11.6 Å². The van der Waals surface area contributed by atoms with Gasteiger partial charge >= 0.3 is 0 Å². The number of carbonyl (C=O) groups excluding carboxylic acids is 1. The first-order valence-electron chi connectivity index (χ1n) is 8.48. The molecule has 136 valence electrons. The van der Waals surface area contributed by atoms with E-state index in [1.165, 1.54) is 6.20 Å². The Hall–Kier alpha value is -3.87. The van der Waals surface area contributed by atoms with Crippen molar-refractivity contribution < 1.29 is 13.6 Å². The molecule has 5 nitrogen and oxygen atoms in total. The number of rotatable bonds is 2. The maximum atomic E-state index is 14.6. The fraction of sp³-hybridized carbons (Fsp3) is 0. The van der Waals surface area contributed by atoms with E-state index < -0.39 is 17.5 Å². The number of benzene rings is 2. The molecule has 2 N–H and O–H groups in total. The Balaban J connectivity index is 1.97. The fourth-order valence-corrected chi connectivity index (χ4v) is 3.58. The smallest absolute Gasteiger partial charge is 0.251 e. The van der Waals surface area contributed by atoms with Gasteiger partial charge in [-0.15, -0.1) is 0 Å². The van der Waals surface area contributed by atoms with Gasteiger partial charge in [-0.1, -0.05) is 18.2 Å². The van der Waals surface area contributed by atoms with Crippen molar-refractivity contribution in [3.05, 3.63) is 89.2 Å². The highest BCUT2D eigenvalue weighted by Crippen LogP contribution is 2.40. The van der Waals surface area contributed by atoms with Crippen molar-refractivity contribution in [1.29, 1.82) is 0 Å². The quantitative estimate of drug-likeness (QED) is 0.510. The van der Waals surface area contributed by atoms with Crippen molar-refractivity contribution in [1.82, 2.24) is 9.61 Å². The normalized spacial score (nSPS) is 12.4. The van der Waals surface area contributed by atoms with E-state index in [4.69, 9.17) is 5.73 Å². The first-order valence-corrected chi connectivity index (χ1v) is 8.48. The number of hydrogen-bond donors (Lipinski definition) is 1. The molecule has 0 unspecified atom stereocenters. The van der Waals surface area contributed by atoms with Crippen LogP contribution in [0.1, 0.15) is 21.5 Å². The molecule has 0 aliphatic carbocycles. The lowest BCUT2D eigenvalue weighted by Crippen LogP contribution is -2.14. The lowest BCUT2D eigenvalue weighted by atomic mass is 9.96. The molecule has 1 aliphatic heterocycles. The van der Waals surface area contributed by atoms with Crippen molar-refractivity contribution in [3.8, 4) is 11.1 Å². The zero-order chi connectivity index (χ0) is 19.4. The largest absolute Gasteiger partial charge is 0.366 e. The monoisotopic (exact) mass is 374 g/mol. The summed E-state index contributed by atoms with van der Waals surface area (Å²) in [7, 11) is 0. The molecular formula is C21H12F2N4O. The van der Waals surface area contributed by atoms with Crippen molar-refractivity contribution >= 4 is 22.8 Å². The Kier molecular flexibility index (Phi) is 3.39. The van der Waals surface area contributed by atoms with E-state index in [-0.39, 0.29) is 16.8 Å². The van der Waals surface area contributed by atoms with Crippen LogP contribution in [0.3, 0.4) is 0 Å². The van der Waals surface area contributed by atoms with E-state index in [2.05, 4.69) is 10.1 Å². The predicted molar refractivity (Wildman–Crippen MR) is 101 cm³/mol. The van der Waals surface area contributed by atoms with Gasteiger partial charge < -0.3 is 5.73 Å². The second-order valence-corrected chi connectivity index (χ2v) is 6.42. The van der Waals surface area contributed by atoms with E-state index in [1.807, 2.05) is 12.1 Å². The summed E-state index contributed by atoms with van der Waals surface area (Å²) in [4.78, 5) is 16.7. The zero-order valence-electron chi connectivity index (χ0n) is 14.4. The summed E-state index contributed by atoms with van der Waals surface area (Å²) >= 11 is 0. The van der Waals surface area contributed by atoms with Gasteiger partial charge in [0.25, 0.3) is 5.91 Å². The van der Waals surface area contributed by atoms with Crippen LogP contribution in [0.15, 0.2) is 65.9 Å². The molecule has 3 heterocycles. The maximum Gasteiger partial charge on any atom is 0.251 e. The molecule has 1 amide bonds. The van der Waals surface area contributed by atoms with E-state index in [0.717, 1.165) is 18.2 Å². The van der Waals surface area contributed by atoms with Crippen LogP contribution in [0.5, 0.6) is 0 Å². The molecule has 0 fully saturated rings. The van der Waals surface area contributed by atoms with Gasteiger partial charge in [-0.3, -0.25) is 4.79 Å². The molecule has 7 heteroatoms. The molecule has 2 aromatic heterocycles. The van der Waals surface area contributed by atoms with Crippen molar-refractivity contribution in [3.63, 3.8) is 0 Å². The van der Waals surface area contributed by atoms with Gasteiger partial charge in [0.15, 0.2) is 0 Å². The van der Waals surface area contributed by atoms with Gasteiger partial charge in [-0.05, 0) is 30.3 Å². The van der Waals surface area contributed by atoms with Crippen LogP contribution >= 0.6 is 0 Å². The van der Waals surface area contributed by atoms with Gasteiger partial charge in [-0.2, -0.15) is 5.10 Å². The SMILES string of the molecule is NC(=O)c1cnn2ccc3c2c1-c1ccccc1N=C3c1cc(F)ccc1F. The minimum Gasteiger partial charge on any atom is -0.366 e. The average molecular weight is 374 g/mol. The highest BCUT2D eigenvalue weighted by Gasteiger charge is 2.27. The molecule has 0 atom stereocenters. The number of aromatic nitrogens is 2. The number of primary amides is 1. The Morgan fingerprint density at radius 3 is 2.64 bits per heavy atom. The molecule has 4 aromatic rings. The number of aliphatic imine (C=N–C) groups is 1. The molecule has 0 saturated carbocycles. The lowest BCUT2D eigenvalue weighted by molar-refractivity contribution is 0.100. The number of halogens is 2. The third-order valence-corrected chi connectivity index (χ3v) is 4.79. The van der Waals surface area contributed by atoms with E-state index in [1.54, 1.807) is 28.9 Å². The Morgan fingerprint density at radius 2 is 1.82 bits per heavy atom. The molecule has 0 spiro atoms. The third-order valence-electron chi connectivity index (χ3n) is 4.79. The van der Waals surface area contributed by atoms with Gasteiger partial charge in [0.2, 0.25) is 0 Å². The van der Waals surface area contributed by atoms with Crippen LogP contribution in [-0.2, 0) is 0 Å². The average Bonchev–Trinajstić information content (AvgIpc) is 3.05. The van der Waals surface area contributed by atoms with E-state index in [9.17, 15) is 13.6 Å². The third kappa shape index (κ3) is 2.26. The zero-order valence-corrected chi connectivity index (χ0v) is 14.4. The Labute approximate surface area is 157 Å². The predicted octanol–water partition coefficient (Wildman–Crippen LogP) is 3.86.